The Labute approximate surface area is 262 Å². The number of hydrogen-bond donors (Lipinski definition) is 1. The first-order valence-corrected chi connectivity index (χ1v) is 14.4. The van der Waals surface area contributed by atoms with Gasteiger partial charge in [-0.1, -0.05) is 60.7 Å². The maximum absolute atomic E-state index is 12.8. The Hall–Kier alpha value is -5.86. The monoisotopic (exact) mass is 596 g/mol. The van der Waals surface area contributed by atoms with E-state index in [2.05, 4.69) is 17.1 Å². The fraction of sp³-hybridized carbons (Fsp3) is 0.189. The molecule has 5 rings (SSSR count). The number of aromatic nitrogens is 1. The number of benzene rings is 3. The van der Waals surface area contributed by atoms with Gasteiger partial charge in [0, 0.05) is 22.9 Å². The zero-order valence-electron chi connectivity index (χ0n) is 25.6. The van der Waals surface area contributed by atoms with Gasteiger partial charge in [0.25, 0.3) is 0 Å². The Morgan fingerprint density at radius 1 is 0.844 bits per heavy atom. The number of aliphatic imine (C=N–C) groups is 1. The summed E-state index contributed by atoms with van der Waals surface area (Å²) in [7, 11) is 0. The van der Waals surface area contributed by atoms with Gasteiger partial charge in [-0.15, -0.1) is 0 Å². The molecule has 45 heavy (non-hydrogen) atoms. The normalized spacial score (nSPS) is 13.5. The molecule has 0 spiro atoms. The highest BCUT2D eigenvalue weighted by atomic mass is 16.6. The molecule has 0 aliphatic carbocycles. The van der Waals surface area contributed by atoms with Crippen LogP contribution in [0.2, 0.25) is 0 Å². The van der Waals surface area contributed by atoms with Crippen molar-refractivity contribution >= 4 is 17.3 Å². The van der Waals surface area contributed by atoms with E-state index in [1.807, 2.05) is 93.6 Å². The minimum absolute atomic E-state index is 0.123. The standard InChI is InChI=1S/C37H32N4O4/c1-23-31(18-38)25(3)40-36(23)35(37-24(2)32(19-39)26(4)41-37)30-16-15-29(43-20-27-11-7-5-8-12-27)17-33(30)44-22-34(42)45-21-28-13-9-6-10-14-28/h5-17,40H,20-22H2,1-4H3/b37-35-. The molecular weight excluding hydrogens is 564 g/mol. The summed E-state index contributed by atoms with van der Waals surface area (Å²) in [4.78, 5) is 21.0. The maximum atomic E-state index is 12.8. The van der Waals surface area contributed by atoms with E-state index in [0.717, 1.165) is 16.7 Å². The number of ether oxygens (including phenoxy) is 3. The zero-order chi connectivity index (χ0) is 31.9. The van der Waals surface area contributed by atoms with Crippen molar-refractivity contribution < 1.29 is 19.0 Å². The van der Waals surface area contributed by atoms with Gasteiger partial charge in [0.15, 0.2) is 6.61 Å². The second-order valence-electron chi connectivity index (χ2n) is 10.6. The van der Waals surface area contributed by atoms with Gasteiger partial charge in [-0.25, -0.2) is 4.79 Å². The van der Waals surface area contributed by atoms with Crippen molar-refractivity contribution in [2.24, 2.45) is 4.99 Å². The molecule has 1 aromatic heterocycles. The van der Waals surface area contributed by atoms with E-state index in [9.17, 15) is 15.3 Å². The predicted octanol–water partition coefficient (Wildman–Crippen LogP) is 7.28. The number of allylic oxidation sites excluding steroid dienone is 2. The molecule has 8 heteroatoms. The molecular formula is C37H32N4O4. The molecule has 1 aliphatic heterocycles. The summed E-state index contributed by atoms with van der Waals surface area (Å²) in [6, 6.07) is 29.1. The van der Waals surface area contributed by atoms with Gasteiger partial charge in [-0.2, -0.15) is 10.5 Å². The van der Waals surface area contributed by atoms with Crippen LogP contribution in [0.4, 0.5) is 0 Å². The van der Waals surface area contributed by atoms with Crippen LogP contribution in [0, 0.1) is 36.5 Å². The molecule has 1 N–H and O–H groups in total. The largest absolute Gasteiger partial charge is 0.489 e. The van der Waals surface area contributed by atoms with Crippen molar-refractivity contribution in [3.8, 4) is 23.6 Å². The molecule has 0 unspecified atom stereocenters. The molecule has 0 saturated heterocycles. The SMILES string of the molecule is CC1=N/C(=C(/c2ccc(OCc3ccccc3)cc2OCC(=O)OCc2ccccc2)c2[nH]c(C)c(C#N)c2C)C(C)=C1C#N. The van der Waals surface area contributed by atoms with E-state index < -0.39 is 5.97 Å². The fourth-order valence-electron chi connectivity index (χ4n) is 5.23. The number of carbonyl (C=O) groups is 1. The molecule has 0 bridgehead atoms. The minimum Gasteiger partial charge on any atom is -0.489 e. The van der Waals surface area contributed by atoms with Crippen LogP contribution in [0.5, 0.6) is 11.5 Å². The highest BCUT2D eigenvalue weighted by Gasteiger charge is 2.28. The van der Waals surface area contributed by atoms with Crippen LogP contribution in [-0.4, -0.2) is 23.3 Å². The molecule has 1 aliphatic rings. The van der Waals surface area contributed by atoms with Gasteiger partial charge < -0.3 is 19.2 Å². The van der Waals surface area contributed by atoms with Crippen LogP contribution in [-0.2, 0) is 22.7 Å². The molecule has 8 nitrogen and oxygen atoms in total. The van der Waals surface area contributed by atoms with Crippen molar-refractivity contribution in [1.29, 1.82) is 10.5 Å². The summed E-state index contributed by atoms with van der Waals surface area (Å²) in [5.74, 6) is 0.356. The quantitative estimate of drug-likeness (QED) is 0.192. The smallest absolute Gasteiger partial charge is 0.344 e. The van der Waals surface area contributed by atoms with Crippen LogP contribution in [0.15, 0.2) is 101 Å². The number of H-pyrrole nitrogens is 1. The van der Waals surface area contributed by atoms with Crippen molar-refractivity contribution in [1.82, 2.24) is 4.98 Å². The van der Waals surface area contributed by atoms with Gasteiger partial charge in [-0.3, -0.25) is 4.99 Å². The average molecular weight is 597 g/mol. The van der Waals surface area contributed by atoms with Crippen molar-refractivity contribution in [2.45, 2.75) is 40.9 Å². The Bertz CT molecular complexity index is 1920. The lowest BCUT2D eigenvalue weighted by molar-refractivity contribution is -0.147. The summed E-state index contributed by atoms with van der Waals surface area (Å²) < 4.78 is 17.7. The van der Waals surface area contributed by atoms with Gasteiger partial charge in [-0.05, 0) is 62.1 Å². The third kappa shape index (κ3) is 6.71. The molecule has 0 amide bonds. The number of nitriles is 2. The molecule has 3 aromatic carbocycles. The summed E-state index contributed by atoms with van der Waals surface area (Å²) in [6.07, 6.45) is 0. The fourth-order valence-corrected chi connectivity index (χ4v) is 5.23. The highest BCUT2D eigenvalue weighted by molar-refractivity contribution is 6.08. The van der Waals surface area contributed by atoms with Crippen LogP contribution in [0.25, 0.3) is 5.57 Å². The number of rotatable bonds is 10. The highest BCUT2D eigenvalue weighted by Crippen LogP contribution is 2.42. The van der Waals surface area contributed by atoms with E-state index >= 15 is 0 Å². The molecule has 0 atom stereocenters. The molecule has 0 radical (unpaired) electrons. The molecule has 0 saturated carbocycles. The Balaban J connectivity index is 1.58. The molecule has 224 valence electrons. The third-order valence-corrected chi connectivity index (χ3v) is 7.58. The number of aromatic amines is 1. The van der Waals surface area contributed by atoms with Gasteiger partial charge in [0.05, 0.1) is 28.2 Å². The average Bonchev–Trinajstić information content (AvgIpc) is 3.51. The Kier molecular flexibility index (Phi) is 9.26. The summed E-state index contributed by atoms with van der Waals surface area (Å²) in [6.45, 7) is 7.46. The number of hydrogen-bond acceptors (Lipinski definition) is 7. The Morgan fingerprint density at radius 2 is 1.51 bits per heavy atom. The van der Waals surface area contributed by atoms with Gasteiger partial charge >= 0.3 is 5.97 Å². The van der Waals surface area contributed by atoms with E-state index in [0.29, 0.717) is 68.7 Å². The predicted molar refractivity (Wildman–Crippen MR) is 171 cm³/mol. The van der Waals surface area contributed by atoms with Crippen molar-refractivity contribution in [3.05, 3.63) is 135 Å². The first-order chi connectivity index (χ1) is 21.8. The zero-order valence-corrected chi connectivity index (χ0v) is 25.6. The lowest BCUT2D eigenvalue weighted by atomic mass is 9.93. The van der Waals surface area contributed by atoms with Crippen molar-refractivity contribution in [2.75, 3.05) is 6.61 Å². The molecule has 0 fully saturated rings. The van der Waals surface area contributed by atoms with Crippen LogP contribution < -0.4 is 9.47 Å². The third-order valence-electron chi connectivity index (χ3n) is 7.58. The van der Waals surface area contributed by atoms with Crippen molar-refractivity contribution in [3.63, 3.8) is 0 Å². The lowest BCUT2D eigenvalue weighted by Crippen LogP contribution is -2.15. The summed E-state index contributed by atoms with van der Waals surface area (Å²) in [5.41, 5.74) is 8.11. The van der Waals surface area contributed by atoms with E-state index in [4.69, 9.17) is 19.2 Å². The minimum atomic E-state index is -0.536. The first-order valence-electron chi connectivity index (χ1n) is 14.4. The lowest BCUT2D eigenvalue weighted by Gasteiger charge is -2.18. The van der Waals surface area contributed by atoms with Crippen LogP contribution >= 0.6 is 0 Å². The number of nitrogens with one attached hydrogen (secondary N) is 1. The van der Waals surface area contributed by atoms with Crippen LogP contribution in [0.3, 0.4) is 0 Å². The summed E-state index contributed by atoms with van der Waals surface area (Å²) >= 11 is 0. The van der Waals surface area contributed by atoms with Crippen LogP contribution in [0.1, 0.15) is 53.1 Å². The first kappa shape index (κ1) is 30.6. The number of esters is 1. The van der Waals surface area contributed by atoms with E-state index in [1.165, 1.54) is 0 Å². The topological polar surface area (TPSA) is 120 Å². The van der Waals surface area contributed by atoms with Gasteiger partial charge in [0.1, 0.15) is 36.9 Å². The summed E-state index contributed by atoms with van der Waals surface area (Å²) in [5, 5.41) is 19.7. The molecule has 2 heterocycles. The molecule has 4 aromatic rings. The number of nitrogens with zero attached hydrogens (tertiary/aromatic N) is 3. The number of aryl methyl sites for hydroxylation is 1. The number of carbonyl (C=O) groups excluding carboxylic acids is 1. The Morgan fingerprint density at radius 3 is 2.11 bits per heavy atom. The van der Waals surface area contributed by atoms with Gasteiger partial charge in [0.2, 0.25) is 0 Å². The van der Waals surface area contributed by atoms with E-state index in [-0.39, 0.29) is 13.2 Å². The second-order valence-corrected chi connectivity index (χ2v) is 10.6. The van der Waals surface area contributed by atoms with E-state index in [1.54, 1.807) is 13.0 Å². The maximum Gasteiger partial charge on any atom is 0.344 e. The second kappa shape index (κ2) is 13.6.